The number of amides is 1. The number of thioether (sulfide) groups is 1. The molecule has 6 heteroatoms. The van der Waals surface area contributed by atoms with Crippen LogP contribution in [0.1, 0.15) is 36.3 Å². The molecule has 2 atom stereocenters. The average Bonchev–Trinajstić information content (AvgIpc) is 3.17. The van der Waals surface area contributed by atoms with Gasteiger partial charge in [-0.05, 0) is 53.5 Å². The molecule has 0 N–H and O–H groups in total. The van der Waals surface area contributed by atoms with Crippen LogP contribution in [0.5, 0.6) is 0 Å². The SMILES string of the molecule is CC(C)c1ccc([C@H]2SC[C@H]3C(=O)N(c4ccc(Br)cc4)C(=S)N23)cc1. The maximum atomic E-state index is 13.0. The van der Waals surface area contributed by atoms with Gasteiger partial charge in [0, 0.05) is 10.2 Å². The van der Waals surface area contributed by atoms with Crippen LogP contribution in [-0.2, 0) is 4.79 Å². The minimum atomic E-state index is -0.175. The molecule has 26 heavy (non-hydrogen) atoms. The quantitative estimate of drug-likeness (QED) is 0.595. The van der Waals surface area contributed by atoms with Gasteiger partial charge in [-0.3, -0.25) is 9.69 Å². The van der Waals surface area contributed by atoms with Crippen molar-refractivity contribution >= 4 is 56.6 Å². The molecule has 0 unspecified atom stereocenters. The number of fused-ring (bicyclic) bond motifs is 1. The summed E-state index contributed by atoms with van der Waals surface area (Å²) < 4.78 is 0.984. The van der Waals surface area contributed by atoms with Crippen molar-refractivity contribution in [2.45, 2.75) is 31.2 Å². The van der Waals surface area contributed by atoms with E-state index in [0.29, 0.717) is 11.0 Å². The van der Waals surface area contributed by atoms with Gasteiger partial charge in [0.2, 0.25) is 0 Å². The monoisotopic (exact) mass is 446 g/mol. The maximum absolute atomic E-state index is 13.0. The van der Waals surface area contributed by atoms with Crippen LogP contribution in [0, 0.1) is 0 Å². The third kappa shape index (κ3) is 2.98. The van der Waals surface area contributed by atoms with E-state index in [4.69, 9.17) is 12.2 Å². The Morgan fingerprint density at radius 3 is 2.38 bits per heavy atom. The number of nitrogens with zero attached hydrogens (tertiary/aromatic N) is 2. The molecule has 0 aromatic heterocycles. The number of hydrogen-bond donors (Lipinski definition) is 0. The van der Waals surface area contributed by atoms with E-state index in [1.165, 1.54) is 11.1 Å². The van der Waals surface area contributed by atoms with E-state index in [-0.39, 0.29) is 17.3 Å². The molecule has 0 radical (unpaired) electrons. The number of carbonyl (C=O) groups is 1. The van der Waals surface area contributed by atoms with Gasteiger partial charge in [0.1, 0.15) is 11.4 Å². The molecule has 0 aliphatic carbocycles. The second-order valence-electron chi connectivity index (χ2n) is 6.86. The van der Waals surface area contributed by atoms with Crippen molar-refractivity contribution in [1.82, 2.24) is 4.90 Å². The maximum Gasteiger partial charge on any atom is 0.257 e. The molecule has 1 amide bonds. The van der Waals surface area contributed by atoms with Gasteiger partial charge in [0.15, 0.2) is 5.11 Å². The standard InChI is InChI=1S/C20H19BrN2OS2/c1-12(2)13-3-5-14(6-4-13)19-23-17(11-26-19)18(24)22(20(23)25)16-9-7-15(21)8-10-16/h3-10,12,17,19H,11H2,1-2H3/t17-,19+/m0/s1. The third-order valence-electron chi connectivity index (χ3n) is 4.89. The predicted molar refractivity (Wildman–Crippen MR) is 116 cm³/mol. The van der Waals surface area contributed by atoms with E-state index in [1.54, 1.807) is 16.7 Å². The highest BCUT2D eigenvalue weighted by molar-refractivity contribution is 9.10. The highest BCUT2D eigenvalue weighted by atomic mass is 79.9. The number of halogens is 1. The van der Waals surface area contributed by atoms with Crippen LogP contribution in [0.3, 0.4) is 0 Å². The fourth-order valence-electron chi connectivity index (χ4n) is 3.42. The van der Waals surface area contributed by atoms with Crippen molar-refractivity contribution in [1.29, 1.82) is 0 Å². The van der Waals surface area contributed by atoms with Gasteiger partial charge < -0.3 is 4.90 Å². The van der Waals surface area contributed by atoms with E-state index in [2.05, 4.69) is 58.9 Å². The van der Waals surface area contributed by atoms with Gasteiger partial charge in [-0.1, -0.05) is 54.0 Å². The van der Waals surface area contributed by atoms with E-state index in [1.807, 2.05) is 24.3 Å². The van der Waals surface area contributed by atoms with Crippen molar-refractivity contribution in [3.8, 4) is 0 Å². The number of hydrogen-bond acceptors (Lipinski definition) is 3. The van der Waals surface area contributed by atoms with E-state index >= 15 is 0 Å². The van der Waals surface area contributed by atoms with Crippen molar-refractivity contribution in [2.24, 2.45) is 0 Å². The first kappa shape index (κ1) is 18.0. The van der Waals surface area contributed by atoms with Crippen LogP contribution in [-0.4, -0.2) is 27.7 Å². The topological polar surface area (TPSA) is 23.6 Å². The lowest BCUT2D eigenvalue weighted by molar-refractivity contribution is -0.119. The van der Waals surface area contributed by atoms with Crippen LogP contribution in [0.4, 0.5) is 5.69 Å². The molecule has 2 aromatic rings. The Balaban J connectivity index is 1.63. The molecule has 2 aliphatic heterocycles. The third-order valence-corrected chi connectivity index (χ3v) is 7.14. The van der Waals surface area contributed by atoms with Crippen molar-refractivity contribution < 1.29 is 4.79 Å². The molecule has 2 aliphatic rings. The molecule has 2 fully saturated rings. The van der Waals surface area contributed by atoms with Gasteiger partial charge in [0.05, 0.1) is 5.69 Å². The molecule has 0 bridgehead atoms. The smallest absolute Gasteiger partial charge is 0.257 e. The van der Waals surface area contributed by atoms with E-state index in [0.717, 1.165) is 15.9 Å². The minimum Gasteiger partial charge on any atom is -0.319 e. The molecular weight excluding hydrogens is 428 g/mol. The summed E-state index contributed by atoms with van der Waals surface area (Å²) in [4.78, 5) is 16.8. The Bertz CT molecular complexity index is 851. The molecular formula is C20H19BrN2OS2. The normalized spacial score (nSPS) is 22.5. The van der Waals surface area contributed by atoms with E-state index in [9.17, 15) is 4.79 Å². The Morgan fingerprint density at radius 1 is 1.12 bits per heavy atom. The largest absolute Gasteiger partial charge is 0.319 e. The van der Waals surface area contributed by atoms with Crippen molar-refractivity contribution in [3.63, 3.8) is 0 Å². The zero-order valence-corrected chi connectivity index (χ0v) is 17.8. The lowest BCUT2D eigenvalue weighted by Gasteiger charge is -2.26. The highest BCUT2D eigenvalue weighted by Crippen LogP contribution is 2.46. The van der Waals surface area contributed by atoms with E-state index < -0.39 is 0 Å². The summed E-state index contributed by atoms with van der Waals surface area (Å²) in [6, 6.07) is 16.3. The first-order valence-corrected chi connectivity index (χ1v) is 10.9. The Morgan fingerprint density at radius 2 is 1.77 bits per heavy atom. The summed E-state index contributed by atoms with van der Waals surface area (Å²) in [6.45, 7) is 4.39. The fourth-order valence-corrected chi connectivity index (χ4v) is 5.60. The predicted octanol–water partition coefficient (Wildman–Crippen LogP) is 5.32. The van der Waals surface area contributed by atoms with Gasteiger partial charge in [0.25, 0.3) is 5.91 Å². The first-order chi connectivity index (χ1) is 12.5. The molecule has 0 saturated carbocycles. The first-order valence-electron chi connectivity index (χ1n) is 8.60. The number of carbonyl (C=O) groups excluding carboxylic acids is 1. The molecule has 2 aromatic carbocycles. The van der Waals surface area contributed by atoms with Gasteiger partial charge >= 0.3 is 0 Å². The lowest BCUT2D eigenvalue weighted by atomic mass is 10.0. The molecule has 4 rings (SSSR count). The number of thiocarbonyl (C=S) groups is 1. The Kier molecular flexibility index (Phi) is 4.84. The zero-order chi connectivity index (χ0) is 18.4. The molecule has 2 saturated heterocycles. The summed E-state index contributed by atoms with van der Waals surface area (Å²) in [6.07, 6.45) is 0. The van der Waals surface area contributed by atoms with Crippen LogP contribution < -0.4 is 4.90 Å². The van der Waals surface area contributed by atoms with Gasteiger partial charge in [-0.15, -0.1) is 11.8 Å². The van der Waals surface area contributed by atoms with Crippen LogP contribution in [0.2, 0.25) is 0 Å². The molecule has 134 valence electrons. The van der Waals surface area contributed by atoms with Crippen molar-refractivity contribution in [2.75, 3.05) is 10.7 Å². The summed E-state index contributed by atoms with van der Waals surface area (Å²) >= 11 is 11.0. The second kappa shape index (κ2) is 6.98. The Labute approximate surface area is 171 Å². The minimum absolute atomic E-state index is 0.0751. The number of anilines is 1. The summed E-state index contributed by atoms with van der Waals surface area (Å²) in [7, 11) is 0. The fraction of sp³-hybridized carbons (Fsp3) is 0.300. The summed E-state index contributed by atoms with van der Waals surface area (Å²) in [5.41, 5.74) is 3.36. The summed E-state index contributed by atoms with van der Waals surface area (Å²) in [5.74, 6) is 1.35. The van der Waals surface area contributed by atoms with Crippen LogP contribution >= 0.6 is 39.9 Å². The van der Waals surface area contributed by atoms with Crippen molar-refractivity contribution in [3.05, 3.63) is 64.1 Å². The number of rotatable bonds is 3. The lowest BCUT2D eigenvalue weighted by Crippen LogP contribution is -2.33. The molecule has 0 spiro atoms. The zero-order valence-electron chi connectivity index (χ0n) is 14.6. The average molecular weight is 447 g/mol. The van der Waals surface area contributed by atoms with Crippen LogP contribution in [0.15, 0.2) is 53.0 Å². The second-order valence-corrected chi connectivity index (χ2v) is 9.26. The summed E-state index contributed by atoms with van der Waals surface area (Å²) in [5, 5.41) is 0.698. The molecule has 3 nitrogen and oxygen atoms in total. The highest BCUT2D eigenvalue weighted by Gasteiger charge is 2.50. The van der Waals surface area contributed by atoms with Gasteiger partial charge in [-0.25, -0.2) is 0 Å². The molecule has 2 heterocycles. The van der Waals surface area contributed by atoms with Crippen LogP contribution in [0.25, 0.3) is 0 Å². The number of benzene rings is 2. The Hall–Kier alpha value is -1.37. The van der Waals surface area contributed by atoms with Gasteiger partial charge in [-0.2, -0.15) is 0 Å².